The Morgan fingerprint density at radius 3 is 1.75 bits per heavy atom. The standard InChI is InChI=1S/C9H16O7P2.2Na/c10-9(15-17(11)12,16-18(13)14)7-8-5-3-1-2-4-6-8;;/h8,10H,1-7H2;;/q;2*+1. The van der Waals surface area contributed by atoms with Crippen LogP contribution in [0.5, 0.6) is 0 Å². The molecule has 7 nitrogen and oxygen atoms in total. The van der Waals surface area contributed by atoms with E-state index in [0.717, 1.165) is 38.5 Å². The molecule has 0 aromatic carbocycles. The molecule has 1 N–H and O–H groups in total. The van der Waals surface area contributed by atoms with Gasteiger partial charge in [-0.3, -0.25) is 0 Å². The summed E-state index contributed by atoms with van der Waals surface area (Å²) in [5.41, 5.74) is 0. The maximum absolute atomic E-state index is 10.5. The fraction of sp³-hybridized carbons (Fsp3) is 1.00. The molecule has 0 amide bonds. The third-order valence-corrected chi connectivity index (χ3v) is 3.82. The Hall–Kier alpha value is 2.00. The maximum atomic E-state index is 10.5. The van der Waals surface area contributed by atoms with Crippen molar-refractivity contribution in [2.24, 2.45) is 5.92 Å². The van der Waals surface area contributed by atoms with E-state index in [0.29, 0.717) is 0 Å². The molecule has 0 saturated heterocycles. The monoisotopic (exact) mass is 344 g/mol. The van der Waals surface area contributed by atoms with E-state index >= 15 is 0 Å². The van der Waals surface area contributed by atoms with Crippen molar-refractivity contribution in [1.29, 1.82) is 0 Å². The number of hydrogen-bond acceptors (Lipinski definition) is 7. The van der Waals surface area contributed by atoms with E-state index in [9.17, 15) is 24.0 Å². The van der Waals surface area contributed by atoms with Crippen molar-refractivity contribution < 1.29 is 92.2 Å². The largest absolute Gasteiger partial charge is 1.00 e. The van der Waals surface area contributed by atoms with Gasteiger partial charge >= 0.3 is 81.6 Å². The van der Waals surface area contributed by atoms with Crippen LogP contribution in [0, 0.1) is 5.92 Å². The van der Waals surface area contributed by atoms with Crippen LogP contribution in [0.15, 0.2) is 0 Å². The first-order valence-corrected chi connectivity index (χ1v) is 8.00. The average Bonchev–Trinajstić information content (AvgIpc) is 2.42. The molecule has 20 heavy (non-hydrogen) atoms. The molecular weight excluding hydrogens is 328 g/mol. The fourth-order valence-electron chi connectivity index (χ4n) is 2.26. The van der Waals surface area contributed by atoms with Crippen molar-refractivity contribution in [3.63, 3.8) is 0 Å². The van der Waals surface area contributed by atoms with Crippen LogP contribution in [0.1, 0.15) is 44.9 Å². The van der Waals surface area contributed by atoms with Gasteiger partial charge in [-0.05, 0) is 15.0 Å². The first-order valence-electron chi connectivity index (χ1n) is 5.81. The second kappa shape index (κ2) is 12.4. The Balaban J connectivity index is 0. The molecule has 11 heteroatoms. The SMILES string of the molecule is O=[P+]([O-])OC(O)(CC1CCCCCC1)O[P+](=O)[O-].[Na+].[Na+]. The summed E-state index contributed by atoms with van der Waals surface area (Å²) < 4.78 is 29.4. The van der Waals surface area contributed by atoms with Crippen LogP contribution in [0.25, 0.3) is 0 Å². The topological polar surface area (TPSA) is 119 Å². The predicted octanol–water partition coefficient (Wildman–Crippen LogP) is -4.93. The molecule has 1 aliphatic carbocycles. The van der Waals surface area contributed by atoms with Gasteiger partial charge in [0, 0.05) is 6.42 Å². The van der Waals surface area contributed by atoms with Crippen LogP contribution in [0.4, 0.5) is 0 Å². The summed E-state index contributed by atoms with van der Waals surface area (Å²) in [4.78, 5) is 21.0. The van der Waals surface area contributed by atoms with Gasteiger partial charge in [0.1, 0.15) is 0 Å². The third kappa shape index (κ3) is 10.7. The van der Waals surface area contributed by atoms with Gasteiger partial charge in [0.2, 0.25) is 0 Å². The molecule has 0 aromatic heterocycles. The van der Waals surface area contributed by atoms with Gasteiger partial charge in [0.05, 0.1) is 0 Å². The van der Waals surface area contributed by atoms with Crippen molar-refractivity contribution in [2.45, 2.75) is 50.9 Å². The molecule has 0 bridgehead atoms. The molecule has 1 rings (SSSR count). The van der Waals surface area contributed by atoms with E-state index in [1.165, 1.54) is 0 Å². The number of hydrogen-bond donors (Lipinski definition) is 1. The zero-order valence-corrected chi connectivity index (χ0v) is 17.6. The summed E-state index contributed by atoms with van der Waals surface area (Å²) in [7, 11) is -6.79. The molecule has 104 valence electrons. The minimum Gasteiger partial charge on any atom is -0.566 e. The van der Waals surface area contributed by atoms with Gasteiger partial charge < -0.3 is 14.9 Å². The maximum Gasteiger partial charge on any atom is 1.00 e. The van der Waals surface area contributed by atoms with E-state index < -0.39 is 22.5 Å². The zero-order valence-electron chi connectivity index (χ0n) is 11.8. The summed E-state index contributed by atoms with van der Waals surface area (Å²) in [6, 6.07) is 0. The molecule has 2 unspecified atom stereocenters. The van der Waals surface area contributed by atoms with Gasteiger partial charge in [0.15, 0.2) is 0 Å². The molecular formula is C9H16Na2O7P2+2. The number of rotatable bonds is 6. The van der Waals surface area contributed by atoms with Gasteiger partial charge in [-0.25, -0.2) is 0 Å². The minimum absolute atomic E-state index is 0. The van der Waals surface area contributed by atoms with Crippen LogP contribution < -0.4 is 68.9 Å². The van der Waals surface area contributed by atoms with Crippen molar-refractivity contribution in [3.05, 3.63) is 0 Å². The Morgan fingerprint density at radius 1 is 1.00 bits per heavy atom. The minimum atomic E-state index is -3.39. The second-order valence-electron chi connectivity index (χ2n) is 4.40. The quantitative estimate of drug-likeness (QED) is 0.222. The van der Waals surface area contributed by atoms with E-state index in [-0.39, 0.29) is 71.5 Å². The first-order chi connectivity index (χ1) is 8.41. The van der Waals surface area contributed by atoms with E-state index in [4.69, 9.17) is 0 Å². The Kier molecular flexibility index (Phi) is 15.1. The molecule has 2 atom stereocenters. The molecule has 1 aliphatic rings. The third-order valence-electron chi connectivity index (χ3n) is 2.96. The summed E-state index contributed by atoms with van der Waals surface area (Å²) in [6.45, 7) is 0. The van der Waals surface area contributed by atoms with E-state index in [2.05, 4.69) is 9.05 Å². The fourth-order valence-corrected chi connectivity index (χ4v) is 3.01. The van der Waals surface area contributed by atoms with Gasteiger partial charge in [0.25, 0.3) is 0 Å². The smallest absolute Gasteiger partial charge is 0.566 e. The molecule has 1 fully saturated rings. The molecule has 0 aromatic rings. The van der Waals surface area contributed by atoms with Crippen molar-refractivity contribution in [1.82, 2.24) is 0 Å². The van der Waals surface area contributed by atoms with E-state index in [1.54, 1.807) is 0 Å². The van der Waals surface area contributed by atoms with Crippen LogP contribution in [-0.4, -0.2) is 11.1 Å². The molecule has 0 heterocycles. The van der Waals surface area contributed by atoms with Gasteiger partial charge in [-0.2, -0.15) is 0 Å². The molecule has 0 aliphatic heterocycles. The van der Waals surface area contributed by atoms with Crippen molar-refractivity contribution >= 4 is 16.5 Å². The van der Waals surface area contributed by atoms with Crippen molar-refractivity contribution in [2.75, 3.05) is 0 Å². The summed E-state index contributed by atoms with van der Waals surface area (Å²) >= 11 is 0. The van der Waals surface area contributed by atoms with E-state index in [1.807, 2.05) is 0 Å². The van der Waals surface area contributed by atoms with Crippen LogP contribution in [0.3, 0.4) is 0 Å². The predicted molar refractivity (Wildman–Crippen MR) is 58.1 cm³/mol. The summed E-state index contributed by atoms with van der Waals surface area (Å²) in [5, 5.41) is 9.78. The van der Waals surface area contributed by atoms with Crippen LogP contribution in [-0.2, 0) is 18.2 Å². The normalized spacial score (nSPS) is 20.8. The molecule has 0 radical (unpaired) electrons. The summed E-state index contributed by atoms with van der Waals surface area (Å²) in [6.07, 6.45) is 5.52. The Morgan fingerprint density at radius 2 is 1.40 bits per heavy atom. The van der Waals surface area contributed by atoms with Gasteiger partial charge in [-0.15, -0.1) is 0 Å². The molecule has 0 spiro atoms. The average molecular weight is 344 g/mol. The summed E-state index contributed by atoms with van der Waals surface area (Å²) in [5.74, 6) is -2.61. The van der Waals surface area contributed by atoms with Crippen LogP contribution >= 0.6 is 16.5 Å². The number of aliphatic hydroxyl groups is 1. The zero-order chi connectivity index (χ0) is 13.6. The first kappa shape index (κ1) is 24.3. The second-order valence-corrected chi connectivity index (χ2v) is 5.66. The molecule has 1 saturated carbocycles. The van der Waals surface area contributed by atoms with Crippen LogP contribution in [0.2, 0.25) is 0 Å². The van der Waals surface area contributed by atoms with Gasteiger partial charge in [-0.1, -0.05) is 47.6 Å². The Labute approximate surface area is 164 Å². The Bertz CT molecular complexity index is 295. The van der Waals surface area contributed by atoms with Crippen molar-refractivity contribution in [3.8, 4) is 0 Å².